The number of nitrogens with one attached hydrogen (secondary N) is 1. The molecule has 7 heteroatoms. The van der Waals surface area contributed by atoms with Crippen LogP contribution >= 0.6 is 39.7 Å². The highest BCUT2D eigenvalue weighted by molar-refractivity contribution is 9.10. The molecule has 0 heterocycles. The van der Waals surface area contributed by atoms with Crippen LogP contribution in [0.15, 0.2) is 16.6 Å². The first kappa shape index (κ1) is 16.3. The molecule has 1 atom stereocenters. The molecule has 1 amide bonds. The van der Waals surface area contributed by atoms with Gasteiger partial charge in [-0.3, -0.25) is 4.79 Å². The average Bonchev–Trinajstić information content (AvgIpc) is 2.31. The lowest BCUT2D eigenvalue weighted by Gasteiger charge is -2.26. The van der Waals surface area contributed by atoms with Gasteiger partial charge in [0.25, 0.3) is 0 Å². The predicted molar refractivity (Wildman–Crippen MR) is 82.9 cm³/mol. The second-order valence-electron chi connectivity index (χ2n) is 4.25. The topological polar surface area (TPSA) is 55.1 Å². The number of hydrogen-bond donors (Lipinski definition) is 2. The normalized spacial score (nSPS) is 13.7. The highest BCUT2D eigenvalue weighted by Gasteiger charge is 2.35. The van der Waals surface area contributed by atoms with E-state index in [9.17, 15) is 9.18 Å². The molecule has 3 nitrogen and oxygen atoms in total. The molecule has 104 valence electrons. The van der Waals surface area contributed by atoms with Crippen molar-refractivity contribution in [2.45, 2.75) is 20.3 Å². The van der Waals surface area contributed by atoms with Gasteiger partial charge >= 0.3 is 0 Å². The first-order valence-corrected chi connectivity index (χ1v) is 7.06. The molecule has 19 heavy (non-hydrogen) atoms. The van der Waals surface area contributed by atoms with Gasteiger partial charge in [-0.15, -0.1) is 0 Å². The van der Waals surface area contributed by atoms with E-state index in [0.29, 0.717) is 16.6 Å². The summed E-state index contributed by atoms with van der Waals surface area (Å²) in [5, 5.41) is 2.73. The Labute approximate surface area is 129 Å². The lowest BCUT2D eigenvalue weighted by atomic mass is 9.86. The Morgan fingerprint density at radius 1 is 1.63 bits per heavy atom. The summed E-state index contributed by atoms with van der Waals surface area (Å²) in [6, 6.07) is 2.33. The Balaban J connectivity index is 3.10. The van der Waals surface area contributed by atoms with E-state index in [-0.39, 0.29) is 15.9 Å². The third-order valence-corrected chi connectivity index (χ3v) is 4.37. The molecule has 1 aromatic rings. The molecular formula is C12H13BrClFN2OS. The smallest absolute Gasteiger partial charge is 0.237 e. The van der Waals surface area contributed by atoms with Crippen LogP contribution in [0.25, 0.3) is 0 Å². The average molecular weight is 368 g/mol. The summed E-state index contributed by atoms with van der Waals surface area (Å²) in [4.78, 5) is 12.3. The summed E-state index contributed by atoms with van der Waals surface area (Å²) >= 11 is 14.0. The van der Waals surface area contributed by atoms with E-state index in [1.165, 1.54) is 6.07 Å². The number of carbonyl (C=O) groups is 1. The number of nitrogens with two attached hydrogens (primary N) is 1. The number of thiocarbonyl (C=S) groups is 1. The molecule has 0 aliphatic rings. The lowest BCUT2D eigenvalue weighted by Crippen LogP contribution is -2.43. The molecule has 1 rings (SSSR count). The Bertz CT molecular complexity index is 517. The van der Waals surface area contributed by atoms with Crippen molar-refractivity contribution in [3.63, 3.8) is 0 Å². The highest BCUT2D eigenvalue weighted by Crippen LogP contribution is 2.33. The van der Waals surface area contributed by atoms with Gasteiger partial charge in [0.2, 0.25) is 5.91 Å². The van der Waals surface area contributed by atoms with Crippen molar-refractivity contribution in [2.24, 2.45) is 11.1 Å². The molecule has 0 bridgehead atoms. The first-order chi connectivity index (χ1) is 8.72. The fraction of sp³-hybridized carbons (Fsp3) is 0.333. The Morgan fingerprint density at radius 3 is 2.63 bits per heavy atom. The molecule has 0 radical (unpaired) electrons. The Morgan fingerprint density at radius 2 is 2.21 bits per heavy atom. The zero-order chi connectivity index (χ0) is 14.8. The van der Waals surface area contributed by atoms with E-state index >= 15 is 0 Å². The van der Waals surface area contributed by atoms with Gasteiger partial charge in [-0.25, -0.2) is 4.39 Å². The predicted octanol–water partition coefficient (Wildman–Crippen LogP) is 3.88. The molecule has 1 aromatic carbocycles. The van der Waals surface area contributed by atoms with Crippen molar-refractivity contribution in [3.8, 4) is 0 Å². The van der Waals surface area contributed by atoms with E-state index < -0.39 is 11.2 Å². The third kappa shape index (κ3) is 3.43. The van der Waals surface area contributed by atoms with E-state index in [0.717, 1.165) is 6.07 Å². The van der Waals surface area contributed by atoms with Gasteiger partial charge in [0.05, 0.1) is 21.1 Å². The van der Waals surface area contributed by atoms with E-state index in [1.807, 2.05) is 0 Å². The van der Waals surface area contributed by atoms with Crippen LogP contribution in [0.2, 0.25) is 5.02 Å². The summed E-state index contributed by atoms with van der Waals surface area (Å²) in [6.45, 7) is 3.45. The lowest BCUT2D eigenvalue weighted by molar-refractivity contribution is -0.121. The molecule has 0 saturated heterocycles. The van der Waals surface area contributed by atoms with Crippen LogP contribution in [0, 0.1) is 11.2 Å². The monoisotopic (exact) mass is 366 g/mol. The van der Waals surface area contributed by atoms with Gasteiger partial charge in [-0.05, 0) is 41.4 Å². The van der Waals surface area contributed by atoms with Crippen molar-refractivity contribution in [1.29, 1.82) is 0 Å². The van der Waals surface area contributed by atoms with Crippen LogP contribution < -0.4 is 11.1 Å². The van der Waals surface area contributed by atoms with E-state index in [4.69, 9.17) is 29.6 Å². The van der Waals surface area contributed by atoms with E-state index in [1.54, 1.807) is 13.8 Å². The number of anilines is 1. The number of amides is 1. The molecule has 0 spiro atoms. The Hall–Kier alpha value is -0.720. The van der Waals surface area contributed by atoms with Gasteiger partial charge in [0.1, 0.15) is 5.82 Å². The van der Waals surface area contributed by atoms with Gasteiger partial charge in [-0.1, -0.05) is 30.7 Å². The van der Waals surface area contributed by atoms with Crippen LogP contribution in [0.3, 0.4) is 0 Å². The molecule has 0 aliphatic carbocycles. The number of benzene rings is 1. The minimum atomic E-state index is -0.980. The summed E-state index contributed by atoms with van der Waals surface area (Å²) in [5.74, 6) is -0.876. The van der Waals surface area contributed by atoms with Crippen molar-refractivity contribution in [1.82, 2.24) is 0 Å². The third-order valence-electron chi connectivity index (χ3n) is 3.00. The molecule has 0 aliphatic heterocycles. The van der Waals surface area contributed by atoms with Crippen LogP contribution in [0.5, 0.6) is 0 Å². The van der Waals surface area contributed by atoms with Crippen molar-refractivity contribution in [2.75, 3.05) is 5.32 Å². The second-order valence-corrected chi connectivity index (χ2v) is 5.95. The van der Waals surface area contributed by atoms with Crippen molar-refractivity contribution < 1.29 is 9.18 Å². The fourth-order valence-corrected chi connectivity index (χ4v) is 2.50. The summed E-state index contributed by atoms with van der Waals surface area (Å²) in [7, 11) is 0. The van der Waals surface area contributed by atoms with Crippen LogP contribution in [-0.2, 0) is 4.79 Å². The van der Waals surface area contributed by atoms with Gasteiger partial charge in [-0.2, -0.15) is 0 Å². The van der Waals surface area contributed by atoms with Gasteiger partial charge in [0, 0.05) is 4.47 Å². The Kier molecular flexibility index (Phi) is 5.29. The highest BCUT2D eigenvalue weighted by atomic mass is 79.9. The minimum absolute atomic E-state index is 0.0987. The first-order valence-electron chi connectivity index (χ1n) is 5.48. The maximum atomic E-state index is 13.1. The van der Waals surface area contributed by atoms with Crippen LogP contribution in [0.4, 0.5) is 10.1 Å². The number of hydrogen-bond acceptors (Lipinski definition) is 2. The number of rotatable bonds is 4. The van der Waals surface area contributed by atoms with Crippen molar-refractivity contribution in [3.05, 3.63) is 27.4 Å². The maximum absolute atomic E-state index is 13.1. The van der Waals surface area contributed by atoms with Gasteiger partial charge < -0.3 is 11.1 Å². The summed E-state index contributed by atoms with van der Waals surface area (Å²) in [6.07, 6.45) is 0.449. The number of carbonyl (C=O) groups excluding carboxylic acids is 1. The largest absolute Gasteiger partial charge is 0.392 e. The van der Waals surface area contributed by atoms with Crippen molar-refractivity contribution >= 4 is 56.3 Å². The molecule has 3 N–H and O–H groups in total. The van der Waals surface area contributed by atoms with E-state index in [2.05, 4.69) is 21.2 Å². The SMILES string of the molecule is CCC(C)(C(=O)Nc1c(Cl)cc(F)cc1Br)C(N)=S. The maximum Gasteiger partial charge on any atom is 0.237 e. The minimum Gasteiger partial charge on any atom is -0.392 e. The summed E-state index contributed by atoms with van der Waals surface area (Å²) < 4.78 is 13.5. The van der Waals surface area contributed by atoms with Crippen LogP contribution in [0.1, 0.15) is 20.3 Å². The molecule has 1 unspecified atom stereocenters. The van der Waals surface area contributed by atoms with Gasteiger partial charge in [0.15, 0.2) is 0 Å². The second kappa shape index (κ2) is 6.15. The zero-order valence-electron chi connectivity index (χ0n) is 10.4. The number of halogens is 3. The standard InChI is InChI=1S/C12H13BrClFN2OS/c1-3-12(2,10(16)19)11(18)17-9-7(13)4-6(15)5-8(9)14/h4-5H,3H2,1-2H3,(H2,16,19)(H,17,18). The molecule has 0 aromatic heterocycles. The summed E-state index contributed by atoms with van der Waals surface area (Å²) in [5.41, 5.74) is 4.92. The fourth-order valence-electron chi connectivity index (χ4n) is 1.36. The molecular weight excluding hydrogens is 355 g/mol. The van der Waals surface area contributed by atoms with Crippen LogP contribution in [-0.4, -0.2) is 10.9 Å². The molecule has 0 saturated carbocycles. The molecule has 0 fully saturated rings. The zero-order valence-corrected chi connectivity index (χ0v) is 13.5. The quantitative estimate of drug-likeness (QED) is 0.794.